The SMILES string of the molecule is O=C([O-])c1cc(N2CCOCC2)nc2c(-c3ccnn3C3CCCCO3)nccc12.[K+]. The maximum atomic E-state index is 11.9. The van der Waals surface area contributed by atoms with E-state index in [4.69, 9.17) is 14.5 Å². The Hall–Kier alpha value is -1.40. The molecule has 0 amide bonds. The van der Waals surface area contributed by atoms with Gasteiger partial charge in [-0.05, 0) is 37.5 Å². The number of nitrogens with zero attached hydrogens (tertiary/aromatic N) is 5. The summed E-state index contributed by atoms with van der Waals surface area (Å²) in [7, 11) is 0. The molecule has 0 spiro atoms. The first-order valence-corrected chi connectivity index (χ1v) is 10.2. The van der Waals surface area contributed by atoms with Crippen LogP contribution in [0.1, 0.15) is 35.8 Å². The van der Waals surface area contributed by atoms with Gasteiger partial charge in [0.05, 0.1) is 24.9 Å². The number of morpholine rings is 1. The van der Waals surface area contributed by atoms with Gasteiger partial charge in [0.25, 0.3) is 0 Å². The number of ether oxygens (including phenoxy) is 2. The van der Waals surface area contributed by atoms with Crippen LogP contribution in [0.25, 0.3) is 22.3 Å². The minimum absolute atomic E-state index is 0. The largest absolute Gasteiger partial charge is 1.00 e. The smallest absolute Gasteiger partial charge is 0.545 e. The molecule has 2 fully saturated rings. The van der Waals surface area contributed by atoms with Crippen LogP contribution in [0.15, 0.2) is 30.6 Å². The van der Waals surface area contributed by atoms with Crippen molar-refractivity contribution < 1.29 is 70.8 Å². The predicted molar refractivity (Wildman–Crippen MR) is 107 cm³/mol. The monoisotopic (exact) mass is 447 g/mol. The van der Waals surface area contributed by atoms with Gasteiger partial charge in [0, 0.05) is 43.0 Å². The molecule has 0 N–H and O–H groups in total. The van der Waals surface area contributed by atoms with E-state index < -0.39 is 5.97 Å². The van der Waals surface area contributed by atoms with E-state index in [2.05, 4.69) is 10.1 Å². The number of hydrogen-bond acceptors (Lipinski definition) is 8. The van der Waals surface area contributed by atoms with Gasteiger partial charge in [0.15, 0.2) is 6.23 Å². The Balaban J connectivity index is 0.00000231. The van der Waals surface area contributed by atoms with E-state index in [0.29, 0.717) is 55.3 Å². The molecule has 5 rings (SSSR count). The minimum Gasteiger partial charge on any atom is -0.545 e. The van der Waals surface area contributed by atoms with Crippen molar-refractivity contribution in [3.8, 4) is 11.4 Å². The van der Waals surface area contributed by atoms with Crippen LogP contribution < -0.4 is 61.4 Å². The number of anilines is 1. The van der Waals surface area contributed by atoms with E-state index >= 15 is 0 Å². The maximum Gasteiger partial charge on any atom is 1.00 e. The molecule has 0 bridgehead atoms. The van der Waals surface area contributed by atoms with Crippen molar-refractivity contribution in [1.82, 2.24) is 19.7 Å². The number of carboxylic acids is 1. The molecule has 156 valence electrons. The Morgan fingerprint density at radius 3 is 2.71 bits per heavy atom. The number of rotatable bonds is 4. The van der Waals surface area contributed by atoms with Gasteiger partial charge in [0.2, 0.25) is 0 Å². The summed E-state index contributed by atoms with van der Waals surface area (Å²) in [5, 5.41) is 16.9. The van der Waals surface area contributed by atoms with Gasteiger partial charge < -0.3 is 24.3 Å². The van der Waals surface area contributed by atoms with Crippen molar-refractivity contribution in [2.24, 2.45) is 0 Å². The Labute approximate surface area is 222 Å². The van der Waals surface area contributed by atoms with E-state index in [0.717, 1.165) is 25.0 Å². The minimum atomic E-state index is -1.24. The van der Waals surface area contributed by atoms with Crippen LogP contribution >= 0.6 is 0 Å². The summed E-state index contributed by atoms with van der Waals surface area (Å²) in [6, 6.07) is 5.10. The van der Waals surface area contributed by atoms with E-state index in [9.17, 15) is 9.90 Å². The van der Waals surface area contributed by atoms with Crippen molar-refractivity contribution in [3.63, 3.8) is 0 Å². The van der Waals surface area contributed by atoms with Crippen LogP contribution in [0.5, 0.6) is 0 Å². The fraction of sp³-hybridized carbons (Fsp3) is 0.429. The zero-order chi connectivity index (χ0) is 20.5. The van der Waals surface area contributed by atoms with Gasteiger partial charge in [-0.25, -0.2) is 9.67 Å². The number of fused-ring (bicyclic) bond motifs is 1. The van der Waals surface area contributed by atoms with E-state index in [1.807, 2.05) is 15.6 Å². The molecular weight excluding hydrogens is 425 g/mol. The van der Waals surface area contributed by atoms with Crippen molar-refractivity contribution in [3.05, 3.63) is 36.2 Å². The maximum absolute atomic E-state index is 11.9. The third kappa shape index (κ3) is 4.56. The van der Waals surface area contributed by atoms with Gasteiger partial charge >= 0.3 is 51.4 Å². The quantitative estimate of drug-likeness (QED) is 0.440. The summed E-state index contributed by atoms with van der Waals surface area (Å²) < 4.78 is 13.1. The van der Waals surface area contributed by atoms with Crippen molar-refractivity contribution in [2.45, 2.75) is 25.5 Å². The van der Waals surface area contributed by atoms with Crippen LogP contribution in [0.4, 0.5) is 5.82 Å². The first kappa shape index (κ1) is 22.8. The van der Waals surface area contributed by atoms with Crippen molar-refractivity contribution in [2.75, 3.05) is 37.8 Å². The molecule has 31 heavy (non-hydrogen) atoms. The topological polar surface area (TPSA) is 105 Å². The van der Waals surface area contributed by atoms with Crippen LogP contribution in [-0.2, 0) is 9.47 Å². The number of aromatic nitrogens is 4. The second kappa shape index (κ2) is 10.0. The molecule has 0 saturated carbocycles. The standard InChI is InChI=1S/C21H23N5O4.K/c27-21(28)15-13-17(25-8-11-29-12-9-25)24-19-14(15)4-6-22-20(19)16-5-7-23-26(16)18-3-1-2-10-30-18;/h4-7,13,18H,1-3,8-12H2,(H,27,28);/q;+1/p-1. The number of carbonyl (C=O) groups excluding carboxylic acids is 1. The van der Waals surface area contributed by atoms with Crippen LogP contribution in [0.3, 0.4) is 0 Å². The molecule has 9 nitrogen and oxygen atoms in total. The third-order valence-corrected chi connectivity index (χ3v) is 5.61. The molecule has 3 aromatic heterocycles. The number of aromatic carboxylic acids is 1. The normalized spacial score (nSPS) is 19.2. The summed E-state index contributed by atoms with van der Waals surface area (Å²) in [6.45, 7) is 3.14. The van der Waals surface area contributed by atoms with Gasteiger partial charge in [-0.2, -0.15) is 5.10 Å². The zero-order valence-electron chi connectivity index (χ0n) is 17.5. The molecule has 10 heteroatoms. The summed E-state index contributed by atoms with van der Waals surface area (Å²) in [5.74, 6) is -0.655. The van der Waals surface area contributed by atoms with Gasteiger partial charge in [-0.1, -0.05) is 0 Å². The fourth-order valence-electron chi connectivity index (χ4n) is 4.10. The molecule has 2 aliphatic rings. The van der Waals surface area contributed by atoms with Gasteiger partial charge in [-0.15, -0.1) is 0 Å². The molecule has 3 aromatic rings. The summed E-state index contributed by atoms with van der Waals surface area (Å²) in [6.07, 6.45) is 6.12. The molecular formula is C21H22KN5O4. The Morgan fingerprint density at radius 2 is 1.97 bits per heavy atom. The van der Waals surface area contributed by atoms with Crippen LogP contribution in [-0.4, -0.2) is 58.6 Å². The molecule has 1 atom stereocenters. The third-order valence-electron chi connectivity index (χ3n) is 5.61. The summed E-state index contributed by atoms with van der Waals surface area (Å²) in [5.41, 5.74) is 1.95. The first-order valence-electron chi connectivity index (χ1n) is 10.2. The fourth-order valence-corrected chi connectivity index (χ4v) is 4.10. The number of carbonyl (C=O) groups is 1. The number of carboxylic acid groups (broad SMARTS) is 1. The van der Waals surface area contributed by atoms with Crippen LogP contribution in [0.2, 0.25) is 0 Å². The molecule has 2 aliphatic heterocycles. The Bertz CT molecular complexity index is 1080. The molecule has 5 heterocycles. The van der Waals surface area contributed by atoms with E-state index in [1.165, 1.54) is 0 Å². The average molecular weight is 448 g/mol. The van der Waals surface area contributed by atoms with Crippen LogP contribution in [0, 0.1) is 0 Å². The average Bonchev–Trinajstić information content (AvgIpc) is 3.29. The van der Waals surface area contributed by atoms with E-state index in [1.54, 1.807) is 24.5 Å². The van der Waals surface area contributed by atoms with E-state index in [-0.39, 0.29) is 63.2 Å². The Kier molecular flexibility index (Phi) is 7.37. The summed E-state index contributed by atoms with van der Waals surface area (Å²) in [4.78, 5) is 23.3. The summed E-state index contributed by atoms with van der Waals surface area (Å²) >= 11 is 0. The molecule has 0 radical (unpaired) electrons. The first-order chi connectivity index (χ1) is 14.7. The van der Waals surface area contributed by atoms with Crippen molar-refractivity contribution in [1.29, 1.82) is 0 Å². The van der Waals surface area contributed by atoms with Gasteiger partial charge in [-0.3, -0.25) is 4.98 Å². The predicted octanol–water partition coefficient (Wildman–Crippen LogP) is -1.60. The van der Waals surface area contributed by atoms with Gasteiger partial charge in [0.1, 0.15) is 17.0 Å². The number of pyridine rings is 2. The zero-order valence-corrected chi connectivity index (χ0v) is 20.6. The van der Waals surface area contributed by atoms with Crippen molar-refractivity contribution >= 4 is 22.7 Å². The Morgan fingerprint density at radius 1 is 1.13 bits per heavy atom. The molecule has 0 aromatic carbocycles. The second-order valence-electron chi connectivity index (χ2n) is 7.45. The molecule has 0 aliphatic carbocycles. The second-order valence-corrected chi connectivity index (χ2v) is 7.45. The molecule has 2 saturated heterocycles. The molecule has 1 unspecified atom stereocenters. The number of hydrogen-bond donors (Lipinski definition) is 0.